The zero-order valence-corrected chi connectivity index (χ0v) is 14.2. The molecule has 1 aromatic rings. The van der Waals surface area contributed by atoms with E-state index in [2.05, 4.69) is 0 Å². The van der Waals surface area contributed by atoms with Crippen LogP contribution in [0.15, 0.2) is 42.0 Å². The number of allylic oxidation sites excluding steroid dienone is 3. The van der Waals surface area contributed by atoms with E-state index in [9.17, 15) is 9.59 Å². The molecule has 0 aromatic heterocycles. The quantitative estimate of drug-likeness (QED) is 0.613. The molecule has 1 aromatic carbocycles. The van der Waals surface area contributed by atoms with Crippen molar-refractivity contribution in [1.82, 2.24) is 0 Å². The molecule has 0 fully saturated rings. The summed E-state index contributed by atoms with van der Waals surface area (Å²) in [5.74, 6) is -0.296. The van der Waals surface area contributed by atoms with Gasteiger partial charge in [-0.1, -0.05) is 35.9 Å². The zero-order chi connectivity index (χ0) is 17.6. The van der Waals surface area contributed by atoms with Crippen molar-refractivity contribution < 1.29 is 23.8 Å². The monoisotopic (exact) mass is 330 g/mol. The maximum atomic E-state index is 12.2. The van der Waals surface area contributed by atoms with E-state index in [1.165, 1.54) is 14.2 Å². The molecule has 24 heavy (non-hydrogen) atoms. The number of hydrogen-bond acceptors (Lipinski definition) is 5. The first-order valence-corrected chi connectivity index (χ1v) is 7.74. The van der Waals surface area contributed by atoms with Crippen molar-refractivity contribution in [1.29, 1.82) is 0 Å². The third kappa shape index (κ3) is 3.67. The van der Waals surface area contributed by atoms with E-state index in [4.69, 9.17) is 14.2 Å². The summed E-state index contributed by atoms with van der Waals surface area (Å²) in [6.07, 6.45) is 7.18. The van der Waals surface area contributed by atoms with Gasteiger partial charge in [-0.15, -0.1) is 0 Å². The van der Waals surface area contributed by atoms with E-state index in [-0.39, 0.29) is 6.42 Å². The highest BCUT2D eigenvalue weighted by Crippen LogP contribution is 2.39. The van der Waals surface area contributed by atoms with Crippen LogP contribution in [0, 0.1) is 5.41 Å². The summed E-state index contributed by atoms with van der Waals surface area (Å²) in [5.41, 5.74) is 0.662. The van der Waals surface area contributed by atoms with Crippen molar-refractivity contribution in [3.05, 3.63) is 47.6 Å². The number of ether oxygens (including phenoxy) is 3. The first-order valence-electron chi connectivity index (χ1n) is 7.74. The lowest BCUT2D eigenvalue weighted by Gasteiger charge is -2.31. The fraction of sp³-hybridized carbons (Fsp3) is 0.368. The minimum absolute atomic E-state index is 0.277. The van der Waals surface area contributed by atoms with Crippen LogP contribution in [0.5, 0.6) is 5.75 Å². The summed E-state index contributed by atoms with van der Waals surface area (Å²) in [6, 6.07) is 7.63. The lowest BCUT2D eigenvalue weighted by atomic mass is 9.73. The van der Waals surface area contributed by atoms with Crippen LogP contribution in [-0.2, 0) is 19.1 Å². The summed E-state index contributed by atoms with van der Waals surface area (Å²) in [5, 5.41) is 0. The van der Waals surface area contributed by atoms with Crippen LogP contribution >= 0.6 is 0 Å². The van der Waals surface area contributed by atoms with Crippen LogP contribution in [0.25, 0.3) is 6.08 Å². The number of rotatable bonds is 5. The van der Waals surface area contributed by atoms with Gasteiger partial charge in [0.1, 0.15) is 5.75 Å². The molecule has 5 heteroatoms. The Hall–Kier alpha value is -2.56. The molecule has 128 valence electrons. The van der Waals surface area contributed by atoms with Crippen LogP contribution in [0.1, 0.15) is 24.8 Å². The molecule has 0 saturated carbocycles. The van der Waals surface area contributed by atoms with Crippen molar-refractivity contribution in [3.63, 3.8) is 0 Å². The van der Waals surface area contributed by atoms with E-state index < -0.39 is 17.4 Å². The molecule has 0 saturated heterocycles. The molecule has 0 bridgehead atoms. The summed E-state index contributed by atoms with van der Waals surface area (Å²) in [7, 11) is 4.20. The molecule has 0 amide bonds. The number of esters is 2. The average molecular weight is 330 g/mol. The second-order valence-electron chi connectivity index (χ2n) is 5.67. The summed E-state index contributed by atoms with van der Waals surface area (Å²) >= 11 is 0. The minimum atomic E-state index is -1.25. The number of benzene rings is 1. The van der Waals surface area contributed by atoms with Crippen LogP contribution in [0.2, 0.25) is 0 Å². The van der Waals surface area contributed by atoms with Gasteiger partial charge >= 0.3 is 11.9 Å². The van der Waals surface area contributed by atoms with Gasteiger partial charge in [0.25, 0.3) is 0 Å². The lowest BCUT2D eigenvalue weighted by molar-refractivity contribution is -0.170. The number of hydrogen-bond donors (Lipinski definition) is 0. The number of methoxy groups -OCH3 is 3. The molecule has 2 rings (SSSR count). The Balaban J connectivity index is 2.18. The standard InChI is InChI=1S/C19H22O5/c1-22-16-10-8-14(9-11-16)6-7-15-5-4-12-19(13-15,17(20)23-2)18(21)24-3/h5-11H,4,12-13H2,1-3H3/b7-6+. The molecule has 0 aliphatic heterocycles. The third-order valence-electron chi connectivity index (χ3n) is 4.24. The van der Waals surface area contributed by atoms with Crippen LogP contribution in [0.3, 0.4) is 0 Å². The first-order chi connectivity index (χ1) is 11.6. The molecular formula is C19H22O5. The normalized spacial score (nSPS) is 16.4. The topological polar surface area (TPSA) is 61.8 Å². The van der Waals surface area contributed by atoms with Gasteiger partial charge in [-0.25, -0.2) is 0 Å². The second-order valence-corrected chi connectivity index (χ2v) is 5.67. The molecule has 5 nitrogen and oxygen atoms in total. The van der Waals surface area contributed by atoms with Crippen LogP contribution in [0.4, 0.5) is 0 Å². The van der Waals surface area contributed by atoms with Gasteiger partial charge < -0.3 is 14.2 Å². The van der Waals surface area contributed by atoms with Crippen molar-refractivity contribution in [2.24, 2.45) is 5.41 Å². The Bertz CT molecular complexity index is 639. The van der Waals surface area contributed by atoms with E-state index in [1.807, 2.05) is 42.5 Å². The largest absolute Gasteiger partial charge is 0.497 e. The highest BCUT2D eigenvalue weighted by molar-refractivity contribution is 6.00. The Kier molecular flexibility index (Phi) is 5.79. The Labute approximate surface area is 141 Å². The fourth-order valence-corrected chi connectivity index (χ4v) is 2.88. The summed E-state index contributed by atoms with van der Waals surface area (Å²) in [6.45, 7) is 0. The Morgan fingerprint density at radius 1 is 1.00 bits per heavy atom. The number of carbonyl (C=O) groups excluding carboxylic acids is 2. The molecule has 0 atom stereocenters. The van der Waals surface area contributed by atoms with Crippen molar-refractivity contribution >= 4 is 18.0 Å². The molecule has 0 N–H and O–H groups in total. The smallest absolute Gasteiger partial charge is 0.323 e. The molecule has 0 unspecified atom stereocenters. The van der Waals surface area contributed by atoms with Crippen LogP contribution in [-0.4, -0.2) is 33.3 Å². The predicted molar refractivity (Wildman–Crippen MR) is 90.4 cm³/mol. The molecule has 0 heterocycles. The van der Waals surface area contributed by atoms with Crippen molar-refractivity contribution in [2.75, 3.05) is 21.3 Å². The average Bonchev–Trinajstić information content (AvgIpc) is 2.65. The Morgan fingerprint density at radius 2 is 1.62 bits per heavy atom. The maximum absolute atomic E-state index is 12.2. The van der Waals surface area contributed by atoms with Gasteiger partial charge in [-0.3, -0.25) is 9.59 Å². The van der Waals surface area contributed by atoms with Crippen molar-refractivity contribution in [3.8, 4) is 5.75 Å². The second kappa shape index (κ2) is 7.81. The van der Waals surface area contributed by atoms with Gasteiger partial charge in [0.15, 0.2) is 5.41 Å². The molecular weight excluding hydrogens is 308 g/mol. The first kappa shape index (κ1) is 17.8. The van der Waals surface area contributed by atoms with Gasteiger partial charge in [0, 0.05) is 0 Å². The van der Waals surface area contributed by atoms with E-state index in [0.717, 1.165) is 16.9 Å². The molecule has 1 aliphatic carbocycles. The molecule has 0 radical (unpaired) electrons. The van der Waals surface area contributed by atoms with E-state index >= 15 is 0 Å². The third-order valence-corrected chi connectivity index (χ3v) is 4.24. The summed E-state index contributed by atoms with van der Waals surface area (Å²) in [4.78, 5) is 24.4. The van der Waals surface area contributed by atoms with E-state index in [0.29, 0.717) is 12.8 Å². The lowest BCUT2D eigenvalue weighted by Crippen LogP contribution is -2.42. The number of carbonyl (C=O) groups is 2. The van der Waals surface area contributed by atoms with Gasteiger partial charge in [-0.05, 0) is 37.0 Å². The maximum Gasteiger partial charge on any atom is 0.323 e. The van der Waals surface area contributed by atoms with E-state index in [1.54, 1.807) is 7.11 Å². The highest BCUT2D eigenvalue weighted by Gasteiger charge is 2.49. The predicted octanol–water partition coefficient (Wildman–Crippen LogP) is 3.15. The van der Waals surface area contributed by atoms with Gasteiger partial charge in [0.05, 0.1) is 21.3 Å². The van der Waals surface area contributed by atoms with Gasteiger partial charge in [0.2, 0.25) is 0 Å². The molecule has 1 aliphatic rings. The van der Waals surface area contributed by atoms with Crippen molar-refractivity contribution in [2.45, 2.75) is 19.3 Å². The van der Waals surface area contributed by atoms with Crippen LogP contribution < -0.4 is 4.74 Å². The van der Waals surface area contributed by atoms with Gasteiger partial charge in [-0.2, -0.15) is 0 Å². The minimum Gasteiger partial charge on any atom is -0.497 e. The highest BCUT2D eigenvalue weighted by atomic mass is 16.5. The Morgan fingerprint density at radius 3 is 2.17 bits per heavy atom. The SMILES string of the molecule is COC(=O)C1(C(=O)OC)CCC=C(/C=C/c2ccc(OC)cc2)C1. The fourth-order valence-electron chi connectivity index (χ4n) is 2.88. The summed E-state index contributed by atoms with van der Waals surface area (Å²) < 4.78 is 14.8. The zero-order valence-electron chi connectivity index (χ0n) is 14.2. The molecule has 0 spiro atoms.